The molecule has 0 radical (unpaired) electrons. The second-order valence-corrected chi connectivity index (χ2v) is 5.15. The Balaban J connectivity index is 2.19. The summed E-state index contributed by atoms with van der Waals surface area (Å²) in [5.41, 5.74) is 1.06. The number of aromatic nitrogens is 1. The highest BCUT2D eigenvalue weighted by Crippen LogP contribution is 2.16. The number of carbonyl (C=O) groups excluding carboxylic acids is 2. The van der Waals surface area contributed by atoms with Crippen LogP contribution >= 0.6 is 0 Å². The van der Waals surface area contributed by atoms with Crippen molar-refractivity contribution in [2.45, 2.75) is 25.3 Å². The van der Waals surface area contributed by atoms with Crippen LogP contribution in [-0.4, -0.2) is 30.0 Å². The van der Waals surface area contributed by atoms with Crippen molar-refractivity contribution in [1.82, 2.24) is 10.3 Å². The number of amides is 1. The maximum atomic E-state index is 12.5. The third-order valence-electron chi connectivity index (χ3n) is 3.57. The quantitative estimate of drug-likeness (QED) is 0.485. The van der Waals surface area contributed by atoms with Gasteiger partial charge in [-0.15, -0.1) is 6.58 Å². The molecule has 0 aliphatic heterocycles. The maximum Gasteiger partial charge on any atom is 0.328 e. The predicted octanol–water partition coefficient (Wildman–Crippen LogP) is 2.86. The van der Waals surface area contributed by atoms with Crippen LogP contribution in [0.3, 0.4) is 0 Å². The van der Waals surface area contributed by atoms with E-state index in [2.05, 4.69) is 16.9 Å². The van der Waals surface area contributed by atoms with Gasteiger partial charge < -0.3 is 10.1 Å². The smallest absolute Gasteiger partial charge is 0.328 e. The van der Waals surface area contributed by atoms with Gasteiger partial charge in [-0.1, -0.05) is 24.3 Å². The molecule has 0 spiro atoms. The summed E-state index contributed by atoms with van der Waals surface area (Å²) >= 11 is 0. The number of ether oxygens (including phenoxy) is 1. The topological polar surface area (TPSA) is 68.3 Å². The van der Waals surface area contributed by atoms with E-state index >= 15 is 0 Å². The fourth-order valence-corrected chi connectivity index (χ4v) is 2.38. The van der Waals surface area contributed by atoms with Crippen molar-refractivity contribution in [1.29, 1.82) is 0 Å². The molecule has 120 valence electrons. The lowest BCUT2D eigenvalue weighted by atomic mass is 10.1. The Kier molecular flexibility index (Phi) is 5.86. The lowest BCUT2D eigenvalue weighted by molar-refractivity contribution is -0.143. The third-order valence-corrected chi connectivity index (χ3v) is 3.57. The highest BCUT2D eigenvalue weighted by molar-refractivity contribution is 6.06. The molecule has 0 saturated carbocycles. The van der Waals surface area contributed by atoms with Crippen molar-refractivity contribution >= 4 is 22.8 Å². The number of para-hydroxylation sites is 1. The van der Waals surface area contributed by atoms with Crippen molar-refractivity contribution in [3.05, 3.63) is 54.7 Å². The Bertz CT molecular complexity index is 707. The summed E-state index contributed by atoms with van der Waals surface area (Å²) in [5.74, 6) is -0.779. The second-order valence-electron chi connectivity index (χ2n) is 5.15. The number of nitrogens with one attached hydrogen (secondary N) is 1. The molecular weight excluding hydrogens is 292 g/mol. The van der Waals surface area contributed by atoms with E-state index in [1.54, 1.807) is 24.4 Å². The molecule has 0 fully saturated rings. The molecule has 2 aromatic rings. The molecule has 1 amide bonds. The largest absolute Gasteiger partial charge is 0.467 e. The zero-order chi connectivity index (χ0) is 16.7. The minimum atomic E-state index is -0.675. The van der Waals surface area contributed by atoms with Gasteiger partial charge in [-0.25, -0.2) is 4.79 Å². The minimum Gasteiger partial charge on any atom is -0.467 e. The first-order valence-corrected chi connectivity index (χ1v) is 7.50. The number of unbranched alkanes of at least 4 members (excludes halogenated alkanes) is 1. The molecular formula is C18H20N2O3. The number of rotatable bonds is 7. The normalized spacial score (nSPS) is 11.7. The zero-order valence-corrected chi connectivity index (χ0v) is 13.1. The van der Waals surface area contributed by atoms with Crippen molar-refractivity contribution in [3.8, 4) is 0 Å². The molecule has 1 aromatic heterocycles. The van der Waals surface area contributed by atoms with E-state index in [0.29, 0.717) is 17.5 Å². The van der Waals surface area contributed by atoms with Crippen LogP contribution in [0.2, 0.25) is 0 Å². The average Bonchev–Trinajstić information content (AvgIpc) is 2.59. The van der Waals surface area contributed by atoms with Crippen LogP contribution in [0.5, 0.6) is 0 Å². The summed E-state index contributed by atoms with van der Waals surface area (Å²) in [6.07, 6.45) is 5.45. The predicted molar refractivity (Wildman–Crippen MR) is 89.1 cm³/mol. The molecule has 1 heterocycles. The highest BCUT2D eigenvalue weighted by atomic mass is 16.5. The molecule has 1 N–H and O–H groups in total. The molecule has 5 heteroatoms. The van der Waals surface area contributed by atoms with E-state index in [1.165, 1.54) is 7.11 Å². The van der Waals surface area contributed by atoms with Gasteiger partial charge in [0.25, 0.3) is 5.91 Å². The molecule has 0 bridgehead atoms. The second kappa shape index (κ2) is 8.08. The number of benzene rings is 1. The van der Waals surface area contributed by atoms with Crippen LogP contribution < -0.4 is 5.32 Å². The van der Waals surface area contributed by atoms with E-state index in [4.69, 9.17) is 4.74 Å². The molecule has 23 heavy (non-hydrogen) atoms. The van der Waals surface area contributed by atoms with Crippen LogP contribution in [-0.2, 0) is 9.53 Å². The summed E-state index contributed by atoms with van der Waals surface area (Å²) in [7, 11) is 1.31. The first kappa shape index (κ1) is 16.7. The number of allylic oxidation sites excluding steroid dienone is 1. The van der Waals surface area contributed by atoms with Crippen molar-refractivity contribution in [3.63, 3.8) is 0 Å². The van der Waals surface area contributed by atoms with E-state index in [9.17, 15) is 9.59 Å². The van der Waals surface area contributed by atoms with Gasteiger partial charge in [0.15, 0.2) is 0 Å². The lowest BCUT2D eigenvalue weighted by Gasteiger charge is -2.16. The molecule has 0 saturated heterocycles. The monoisotopic (exact) mass is 312 g/mol. The van der Waals surface area contributed by atoms with Gasteiger partial charge in [0.05, 0.1) is 18.2 Å². The summed E-state index contributed by atoms with van der Waals surface area (Å²) in [4.78, 5) is 28.7. The first-order valence-electron chi connectivity index (χ1n) is 7.50. The van der Waals surface area contributed by atoms with Crippen LogP contribution in [0.15, 0.2) is 49.2 Å². The van der Waals surface area contributed by atoms with Gasteiger partial charge >= 0.3 is 5.97 Å². The number of methoxy groups -OCH3 is 1. The summed E-state index contributed by atoms with van der Waals surface area (Å²) in [5, 5.41) is 3.62. The van der Waals surface area contributed by atoms with E-state index < -0.39 is 12.0 Å². The number of pyridine rings is 1. The standard InChI is InChI=1S/C18H20N2O3/c1-3-4-5-11-15(18(22)23-2)20-17(21)14-10-6-8-13-9-7-12-19-16(13)14/h3,6-10,12,15H,1,4-5,11H2,2H3,(H,20,21)/t15-/m0/s1. The minimum absolute atomic E-state index is 0.330. The van der Waals surface area contributed by atoms with Crippen LogP contribution in [0.4, 0.5) is 0 Å². The third kappa shape index (κ3) is 4.16. The molecule has 0 unspecified atom stereocenters. The number of nitrogens with zero attached hydrogens (tertiary/aromatic N) is 1. The zero-order valence-electron chi connectivity index (χ0n) is 13.1. The van der Waals surface area contributed by atoms with Gasteiger partial charge in [0.2, 0.25) is 0 Å². The molecule has 5 nitrogen and oxygen atoms in total. The van der Waals surface area contributed by atoms with Crippen molar-refractivity contribution in [2.75, 3.05) is 7.11 Å². The van der Waals surface area contributed by atoms with E-state index in [-0.39, 0.29) is 5.91 Å². The summed E-state index contributed by atoms with van der Waals surface area (Å²) in [6, 6.07) is 8.41. The highest BCUT2D eigenvalue weighted by Gasteiger charge is 2.22. The van der Waals surface area contributed by atoms with Crippen LogP contribution in [0, 0.1) is 0 Å². The Labute approximate surface area is 135 Å². The number of hydrogen-bond donors (Lipinski definition) is 1. The van der Waals surface area contributed by atoms with E-state index in [1.807, 2.05) is 18.2 Å². The molecule has 0 aliphatic rings. The fourth-order valence-electron chi connectivity index (χ4n) is 2.38. The Hall–Kier alpha value is -2.69. The van der Waals surface area contributed by atoms with Crippen LogP contribution in [0.1, 0.15) is 29.6 Å². The van der Waals surface area contributed by atoms with Crippen molar-refractivity contribution in [2.24, 2.45) is 0 Å². The van der Waals surface area contributed by atoms with Crippen molar-refractivity contribution < 1.29 is 14.3 Å². The Morgan fingerprint density at radius 3 is 2.87 bits per heavy atom. The first-order chi connectivity index (χ1) is 11.2. The lowest BCUT2D eigenvalue weighted by Crippen LogP contribution is -2.41. The number of hydrogen-bond acceptors (Lipinski definition) is 4. The summed E-state index contributed by atoms with van der Waals surface area (Å²) < 4.78 is 4.77. The number of carbonyl (C=O) groups is 2. The molecule has 2 rings (SSSR count). The average molecular weight is 312 g/mol. The van der Waals surface area contributed by atoms with Gasteiger partial charge in [0.1, 0.15) is 6.04 Å². The molecule has 0 aliphatic carbocycles. The summed E-state index contributed by atoms with van der Waals surface area (Å²) in [6.45, 7) is 3.65. The Morgan fingerprint density at radius 1 is 1.35 bits per heavy atom. The maximum absolute atomic E-state index is 12.5. The Morgan fingerprint density at radius 2 is 2.13 bits per heavy atom. The van der Waals surface area contributed by atoms with Gasteiger partial charge in [-0.3, -0.25) is 9.78 Å². The van der Waals surface area contributed by atoms with Gasteiger partial charge in [0, 0.05) is 11.6 Å². The van der Waals surface area contributed by atoms with Gasteiger partial charge in [-0.2, -0.15) is 0 Å². The number of esters is 1. The van der Waals surface area contributed by atoms with E-state index in [0.717, 1.165) is 18.2 Å². The molecule has 1 atom stereocenters. The molecule has 1 aromatic carbocycles. The number of fused-ring (bicyclic) bond motifs is 1. The van der Waals surface area contributed by atoms with Gasteiger partial charge in [-0.05, 0) is 31.4 Å². The van der Waals surface area contributed by atoms with Crippen LogP contribution in [0.25, 0.3) is 10.9 Å². The fraction of sp³-hybridized carbons (Fsp3) is 0.278. The SMILES string of the molecule is C=CCCC[C@H](NC(=O)c1cccc2cccnc12)C(=O)OC.